The molecule has 0 aliphatic heterocycles. The molecular formula is C19H17N3O2. The Hall–Kier alpha value is -3.08. The molecule has 5 heteroatoms. The van der Waals surface area contributed by atoms with E-state index in [9.17, 15) is 0 Å². The highest BCUT2D eigenvalue weighted by molar-refractivity contribution is 5.71. The number of ether oxygens (including phenoxy) is 1. The number of hydrogen-bond acceptors (Lipinski definition) is 4. The van der Waals surface area contributed by atoms with E-state index in [2.05, 4.69) is 15.6 Å². The fourth-order valence-electron chi connectivity index (χ4n) is 2.88. The van der Waals surface area contributed by atoms with Gasteiger partial charge in [0.1, 0.15) is 22.9 Å². The predicted octanol–water partition coefficient (Wildman–Crippen LogP) is 3.67. The number of nitrogens with zero attached hydrogens (tertiary/aromatic N) is 3. The van der Waals surface area contributed by atoms with Gasteiger partial charge in [-0.1, -0.05) is 18.2 Å². The lowest BCUT2D eigenvalue weighted by atomic mass is 10.1. The monoisotopic (exact) mass is 319 g/mol. The Bertz CT molecular complexity index is 958. The molecule has 0 saturated heterocycles. The van der Waals surface area contributed by atoms with Crippen molar-refractivity contribution in [3.05, 3.63) is 78.1 Å². The van der Waals surface area contributed by atoms with Gasteiger partial charge in [0, 0.05) is 18.2 Å². The third-order valence-corrected chi connectivity index (χ3v) is 4.02. The van der Waals surface area contributed by atoms with Crippen molar-refractivity contribution in [2.24, 2.45) is 0 Å². The Balaban J connectivity index is 1.79. The topological polar surface area (TPSA) is 53.1 Å². The van der Waals surface area contributed by atoms with Gasteiger partial charge in [0.05, 0.1) is 19.9 Å². The van der Waals surface area contributed by atoms with Crippen LogP contribution in [0.5, 0.6) is 5.75 Å². The molecule has 0 aliphatic carbocycles. The summed E-state index contributed by atoms with van der Waals surface area (Å²) in [6.45, 7) is 0.602. The number of furan rings is 1. The third-order valence-electron chi connectivity index (χ3n) is 4.02. The number of rotatable bonds is 5. The first kappa shape index (κ1) is 14.5. The Morgan fingerprint density at radius 1 is 1.08 bits per heavy atom. The number of aromatic nitrogens is 3. The zero-order valence-corrected chi connectivity index (χ0v) is 13.3. The molecular weight excluding hydrogens is 302 g/mol. The SMILES string of the molecule is COc1ccccc1Cc1nc2cccnc2n1Cc1ccco1. The maximum Gasteiger partial charge on any atom is 0.160 e. The van der Waals surface area contributed by atoms with E-state index in [1.807, 2.05) is 42.5 Å². The van der Waals surface area contributed by atoms with Crippen LogP contribution in [0.1, 0.15) is 17.1 Å². The van der Waals surface area contributed by atoms with Crippen molar-refractivity contribution >= 4 is 11.2 Å². The number of hydrogen-bond donors (Lipinski definition) is 0. The quantitative estimate of drug-likeness (QED) is 0.563. The number of imidazole rings is 1. The summed E-state index contributed by atoms with van der Waals surface area (Å²) in [4.78, 5) is 9.26. The van der Waals surface area contributed by atoms with Crippen LogP contribution in [0.15, 0.2) is 65.4 Å². The van der Waals surface area contributed by atoms with Gasteiger partial charge in [-0.05, 0) is 30.3 Å². The van der Waals surface area contributed by atoms with Crippen LogP contribution in [-0.4, -0.2) is 21.6 Å². The highest BCUT2D eigenvalue weighted by Gasteiger charge is 2.15. The molecule has 0 saturated carbocycles. The van der Waals surface area contributed by atoms with E-state index in [-0.39, 0.29) is 0 Å². The second-order valence-electron chi connectivity index (χ2n) is 5.53. The normalized spacial score (nSPS) is 11.0. The molecule has 5 nitrogen and oxygen atoms in total. The van der Waals surface area contributed by atoms with E-state index in [0.29, 0.717) is 13.0 Å². The first-order valence-corrected chi connectivity index (χ1v) is 7.79. The predicted molar refractivity (Wildman–Crippen MR) is 91.1 cm³/mol. The molecule has 0 bridgehead atoms. The molecule has 0 amide bonds. The Kier molecular flexibility index (Phi) is 3.75. The molecule has 1 aromatic carbocycles. The van der Waals surface area contributed by atoms with E-state index in [1.165, 1.54) is 0 Å². The molecule has 0 fully saturated rings. The van der Waals surface area contributed by atoms with Gasteiger partial charge >= 0.3 is 0 Å². The maximum atomic E-state index is 5.50. The summed E-state index contributed by atoms with van der Waals surface area (Å²) in [5.41, 5.74) is 2.84. The first-order valence-electron chi connectivity index (χ1n) is 7.79. The molecule has 0 aliphatic rings. The van der Waals surface area contributed by atoms with E-state index in [0.717, 1.165) is 34.1 Å². The maximum absolute atomic E-state index is 5.50. The fraction of sp³-hybridized carbons (Fsp3) is 0.158. The summed E-state index contributed by atoms with van der Waals surface area (Å²) in [5, 5.41) is 0. The van der Waals surface area contributed by atoms with Crippen molar-refractivity contribution in [3.63, 3.8) is 0 Å². The molecule has 0 spiro atoms. The first-order chi connectivity index (χ1) is 11.8. The number of pyridine rings is 1. The molecule has 0 atom stereocenters. The molecule has 3 heterocycles. The van der Waals surface area contributed by atoms with Crippen LogP contribution in [-0.2, 0) is 13.0 Å². The summed E-state index contributed by atoms with van der Waals surface area (Å²) >= 11 is 0. The lowest BCUT2D eigenvalue weighted by molar-refractivity contribution is 0.410. The lowest BCUT2D eigenvalue weighted by Gasteiger charge is -2.10. The van der Waals surface area contributed by atoms with Crippen LogP contribution >= 0.6 is 0 Å². The molecule has 0 N–H and O–H groups in total. The second kappa shape index (κ2) is 6.20. The smallest absolute Gasteiger partial charge is 0.160 e. The fourth-order valence-corrected chi connectivity index (χ4v) is 2.88. The molecule has 4 aromatic rings. The van der Waals surface area contributed by atoms with Crippen LogP contribution in [0.3, 0.4) is 0 Å². The van der Waals surface area contributed by atoms with Gasteiger partial charge in [-0.25, -0.2) is 9.97 Å². The number of fused-ring (bicyclic) bond motifs is 1. The molecule has 120 valence electrons. The lowest BCUT2D eigenvalue weighted by Crippen LogP contribution is -2.06. The van der Waals surface area contributed by atoms with Crippen LogP contribution < -0.4 is 4.74 Å². The Labute approximate surface area is 139 Å². The van der Waals surface area contributed by atoms with Crippen molar-refractivity contribution in [2.75, 3.05) is 7.11 Å². The highest BCUT2D eigenvalue weighted by atomic mass is 16.5. The summed E-state index contributed by atoms with van der Waals surface area (Å²) in [6.07, 6.45) is 4.14. The largest absolute Gasteiger partial charge is 0.496 e. The average Bonchev–Trinajstić information content (AvgIpc) is 3.24. The van der Waals surface area contributed by atoms with Crippen molar-refractivity contribution < 1.29 is 9.15 Å². The van der Waals surface area contributed by atoms with Crippen LogP contribution in [0.2, 0.25) is 0 Å². The van der Waals surface area contributed by atoms with Crippen LogP contribution in [0.25, 0.3) is 11.2 Å². The Morgan fingerprint density at radius 2 is 2.00 bits per heavy atom. The van der Waals surface area contributed by atoms with E-state index < -0.39 is 0 Å². The zero-order valence-electron chi connectivity index (χ0n) is 13.3. The molecule has 3 aromatic heterocycles. The van der Waals surface area contributed by atoms with Gasteiger partial charge in [0.25, 0.3) is 0 Å². The summed E-state index contributed by atoms with van der Waals surface area (Å²) in [5.74, 6) is 2.67. The molecule has 0 unspecified atom stereocenters. The Morgan fingerprint density at radius 3 is 2.83 bits per heavy atom. The van der Waals surface area contributed by atoms with E-state index in [1.54, 1.807) is 19.6 Å². The van der Waals surface area contributed by atoms with Crippen molar-refractivity contribution in [3.8, 4) is 5.75 Å². The number of benzene rings is 1. The minimum atomic E-state index is 0.602. The van der Waals surface area contributed by atoms with Crippen molar-refractivity contribution in [1.29, 1.82) is 0 Å². The minimum absolute atomic E-state index is 0.602. The molecule has 4 rings (SSSR count). The van der Waals surface area contributed by atoms with Gasteiger partial charge in [-0.3, -0.25) is 0 Å². The highest BCUT2D eigenvalue weighted by Crippen LogP contribution is 2.23. The molecule has 0 radical (unpaired) electrons. The summed E-state index contributed by atoms with van der Waals surface area (Å²) in [6, 6.07) is 15.7. The van der Waals surface area contributed by atoms with Gasteiger partial charge in [-0.15, -0.1) is 0 Å². The van der Waals surface area contributed by atoms with Gasteiger partial charge in [-0.2, -0.15) is 0 Å². The van der Waals surface area contributed by atoms with Crippen LogP contribution in [0, 0.1) is 0 Å². The standard InChI is InChI=1S/C19H17N3O2/c1-23-17-9-3-2-6-14(17)12-18-21-16-8-4-10-20-19(16)22(18)13-15-7-5-11-24-15/h2-11H,12-13H2,1H3. The van der Waals surface area contributed by atoms with Crippen LogP contribution in [0.4, 0.5) is 0 Å². The minimum Gasteiger partial charge on any atom is -0.496 e. The van der Waals surface area contributed by atoms with E-state index >= 15 is 0 Å². The van der Waals surface area contributed by atoms with Crippen molar-refractivity contribution in [1.82, 2.24) is 14.5 Å². The average molecular weight is 319 g/mol. The zero-order chi connectivity index (χ0) is 16.4. The number of methoxy groups -OCH3 is 1. The second-order valence-corrected chi connectivity index (χ2v) is 5.53. The third kappa shape index (κ3) is 2.65. The molecule has 24 heavy (non-hydrogen) atoms. The number of para-hydroxylation sites is 1. The summed E-state index contributed by atoms with van der Waals surface area (Å²) < 4.78 is 13.1. The summed E-state index contributed by atoms with van der Waals surface area (Å²) in [7, 11) is 1.69. The van der Waals surface area contributed by atoms with Gasteiger partial charge in [0.15, 0.2) is 5.65 Å². The van der Waals surface area contributed by atoms with Crippen molar-refractivity contribution in [2.45, 2.75) is 13.0 Å². The van der Waals surface area contributed by atoms with E-state index in [4.69, 9.17) is 14.1 Å². The van der Waals surface area contributed by atoms with Gasteiger partial charge < -0.3 is 13.7 Å². The van der Waals surface area contributed by atoms with Gasteiger partial charge in [0.2, 0.25) is 0 Å².